The van der Waals surface area contributed by atoms with Gasteiger partial charge in [0.25, 0.3) is 0 Å². The van der Waals surface area contributed by atoms with Crippen molar-refractivity contribution < 1.29 is 4.79 Å². The molecule has 2 heterocycles. The summed E-state index contributed by atoms with van der Waals surface area (Å²) in [5.74, 6) is 0.0585. The van der Waals surface area contributed by atoms with E-state index < -0.39 is 6.04 Å². The molecular weight excluding hydrogens is 280 g/mol. The number of amides is 1. The summed E-state index contributed by atoms with van der Waals surface area (Å²) in [4.78, 5) is 16.0. The van der Waals surface area contributed by atoms with Crippen molar-refractivity contribution in [2.75, 3.05) is 6.54 Å². The van der Waals surface area contributed by atoms with Gasteiger partial charge in [-0.15, -0.1) is 11.3 Å². The first-order chi connectivity index (χ1) is 10.2. The number of thiophene rings is 1. The van der Waals surface area contributed by atoms with Crippen LogP contribution in [0.2, 0.25) is 0 Å². The van der Waals surface area contributed by atoms with Crippen molar-refractivity contribution in [3.63, 3.8) is 0 Å². The van der Waals surface area contributed by atoms with Crippen LogP contribution in [-0.2, 0) is 17.6 Å². The largest absolute Gasteiger partial charge is 0.334 e. The fraction of sp³-hybridized carbons (Fsp3) is 0.353. The van der Waals surface area contributed by atoms with E-state index in [2.05, 4.69) is 18.4 Å². The summed E-state index contributed by atoms with van der Waals surface area (Å²) < 4.78 is 0. The van der Waals surface area contributed by atoms with Crippen LogP contribution in [-0.4, -0.2) is 23.4 Å². The van der Waals surface area contributed by atoms with Crippen molar-refractivity contribution in [1.82, 2.24) is 4.90 Å². The maximum absolute atomic E-state index is 12.6. The van der Waals surface area contributed by atoms with E-state index in [-0.39, 0.29) is 11.9 Å². The van der Waals surface area contributed by atoms with Crippen LogP contribution in [0.25, 0.3) is 0 Å². The van der Waals surface area contributed by atoms with Gasteiger partial charge in [0.15, 0.2) is 0 Å². The molecule has 1 aliphatic heterocycles. The van der Waals surface area contributed by atoms with Crippen LogP contribution in [0.3, 0.4) is 0 Å². The average Bonchev–Trinajstić information content (AvgIpc) is 2.97. The predicted octanol–water partition coefficient (Wildman–Crippen LogP) is 2.76. The number of hydrogen-bond acceptors (Lipinski definition) is 3. The van der Waals surface area contributed by atoms with Gasteiger partial charge in [0.1, 0.15) is 0 Å². The number of benzene rings is 1. The molecule has 4 heteroatoms. The van der Waals surface area contributed by atoms with Crippen LogP contribution >= 0.6 is 11.3 Å². The Balaban J connectivity index is 1.71. The number of nitrogens with two attached hydrogens (primary N) is 1. The molecule has 1 aromatic heterocycles. The molecule has 3 rings (SSSR count). The molecule has 3 nitrogen and oxygen atoms in total. The van der Waals surface area contributed by atoms with E-state index >= 15 is 0 Å². The van der Waals surface area contributed by atoms with Crippen molar-refractivity contribution >= 4 is 17.2 Å². The van der Waals surface area contributed by atoms with E-state index in [0.717, 1.165) is 18.5 Å². The van der Waals surface area contributed by atoms with E-state index in [1.165, 1.54) is 10.4 Å². The van der Waals surface area contributed by atoms with Crippen LogP contribution < -0.4 is 5.73 Å². The van der Waals surface area contributed by atoms with E-state index in [1.807, 2.05) is 35.2 Å². The molecule has 110 valence electrons. The molecule has 0 spiro atoms. The van der Waals surface area contributed by atoms with Crippen LogP contribution in [0.4, 0.5) is 0 Å². The molecule has 0 bridgehead atoms. The standard InChI is InChI=1S/C17H20N2OS/c1-12-14-8-10-21-16(14)7-9-19(12)17(20)15(18)11-13-5-3-2-4-6-13/h2-6,8,10,12,15H,7,9,11,18H2,1H3/t12?,15-/m1/s1. The topological polar surface area (TPSA) is 46.3 Å². The highest BCUT2D eigenvalue weighted by molar-refractivity contribution is 7.10. The fourth-order valence-electron chi connectivity index (χ4n) is 2.98. The molecule has 0 saturated heterocycles. The molecule has 0 fully saturated rings. The molecule has 21 heavy (non-hydrogen) atoms. The first-order valence-corrected chi connectivity index (χ1v) is 8.21. The van der Waals surface area contributed by atoms with Crippen molar-refractivity contribution in [3.8, 4) is 0 Å². The predicted molar refractivity (Wildman–Crippen MR) is 86.3 cm³/mol. The molecule has 1 amide bonds. The lowest BCUT2D eigenvalue weighted by atomic mass is 9.99. The zero-order valence-corrected chi connectivity index (χ0v) is 13.0. The number of fused-ring (bicyclic) bond motifs is 1. The maximum atomic E-state index is 12.6. The minimum atomic E-state index is -0.463. The number of nitrogens with zero attached hydrogens (tertiary/aromatic N) is 1. The van der Waals surface area contributed by atoms with Crippen molar-refractivity contribution in [2.45, 2.75) is 31.8 Å². The van der Waals surface area contributed by atoms with Gasteiger partial charge in [-0.2, -0.15) is 0 Å². The SMILES string of the molecule is CC1c2ccsc2CCN1C(=O)[C@H](N)Cc1ccccc1. The summed E-state index contributed by atoms with van der Waals surface area (Å²) in [6, 6.07) is 11.8. The third-order valence-corrected chi connectivity index (χ3v) is 5.17. The lowest BCUT2D eigenvalue weighted by Gasteiger charge is -2.35. The van der Waals surface area contributed by atoms with Gasteiger partial charge in [-0.25, -0.2) is 0 Å². The number of carbonyl (C=O) groups is 1. The summed E-state index contributed by atoms with van der Waals surface area (Å²) in [5.41, 5.74) is 8.54. The molecule has 0 aliphatic carbocycles. The van der Waals surface area contributed by atoms with E-state index in [1.54, 1.807) is 11.3 Å². The molecule has 0 saturated carbocycles. The molecule has 1 unspecified atom stereocenters. The normalized spacial score (nSPS) is 19.1. The van der Waals surface area contributed by atoms with Gasteiger partial charge < -0.3 is 10.6 Å². The lowest BCUT2D eigenvalue weighted by molar-refractivity contribution is -0.135. The number of hydrogen-bond donors (Lipinski definition) is 1. The quantitative estimate of drug-likeness (QED) is 0.947. The van der Waals surface area contributed by atoms with E-state index in [9.17, 15) is 4.79 Å². The molecule has 2 atom stereocenters. The van der Waals surface area contributed by atoms with Gasteiger partial charge in [0.2, 0.25) is 5.91 Å². The summed E-state index contributed by atoms with van der Waals surface area (Å²) in [7, 11) is 0. The van der Waals surface area contributed by atoms with Crippen LogP contribution in [0, 0.1) is 0 Å². The second kappa shape index (κ2) is 6.00. The third-order valence-electron chi connectivity index (χ3n) is 4.18. The first kappa shape index (κ1) is 14.3. The van der Waals surface area contributed by atoms with Gasteiger partial charge in [0.05, 0.1) is 12.1 Å². The zero-order valence-electron chi connectivity index (χ0n) is 12.2. The molecule has 1 aliphatic rings. The maximum Gasteiger partial charge on any atom is 0.240 e. The smallest absolute Gasteiger partial charge is 0.240 e. The highest BCUT2D eigenvalue weighted by Gasteiger charge is 2.30. The van der Waals surface area contributed by atoms with Crippen LogP contribution in [0.5, 0.6) is 0 Å². The minimum absolute atomic E-state index is 0.0585. The Morgan fingerprint density at radius 3 is 2.90 bits per heavy atom. The Hall–Kier alpha value is -1.65. The highest BCUT2D eigenvalue weighted by Crippen LogP contribution is 2.33. The monoisotopic (exact) mass is 300 g/mol. The summed E-state index contributed by atoms with van der Waals surface area (Å²) >= 11 is 1.78. The second-order valence-electron chi connectivity index (χ2n) is 5.55. The fourth-order valence-corrected chi connectivity index (χ4v) is 3.94. The van der Waals surface area contributed by atoms with Crippen molar-refractivity contribution in [2.24, 2.45) is 5.73 Å². The molecule has 2 N–H and O–H groups in total. The Morgan fingerprint density at radius 1 is 1.38 bits per heavy atom. The summed E-state index contributed by atoms with van der Waals surface area (Å²) in [6.07, 6.45) is 1.54. The minimum Gasteiger partial charge on any atom is -0.334 e. The third kappa shape index (κ3) is 2.87. The van der Waals surface area contributed by atoms with Gasteiger partial charge in [-0.05, 0) is 42.3 Å². The number of rotatable bonds is 3. The molecule has 0 radical (unpaired) electrons. The Bertz CT molecular complexity index is 623. The average molecular weight is 300 g/mol. The van der Waals surface area contributed by atoms with E-state index in [0.29, 0.717) is 6.42 Å². The Kier molecular flexibility index (Phi) is 4.08. The molecule has 1 aromatic carbocycles. The molecule has 2 aromatic rings. The van der Waals surface area contributed by atoms with Crippen LogP contribution in [0.1, 0.15) is 29.0 Å². The zero-order chi connectivity index (χ0) is 14.8. The lowest BCUT2D eigenvalue weighted by Crippen LogP contribution is -2.48. The summed E-state index contributed by atoms with van der Waals surface area (Å²) in [5, 5.41) is 2.11. The second-order valence-corrected chi connectivity index (χ2v) is 6.55. The summed E-state index contributed by atoms with van der Waals surface area (Å²) in [6.45, 7) is 2.87. The van der Waals surface area contributed by atoms with Gasteiger partial charge >= 0.3 is 0 Å². The highest BCUT2D eigenvalue weighted by atomic mass is 32.1. The van der Waals surface area contributed by atoms with Crippen LogP contribution in [0.15, 0.2) is 41.8 Å². The van der Waals surface area contributed by atoms with Crippen molar-refractivity contribution in [3.05, 3.63) is 57.8 Å². The van der Waals surface area contributed by atoms with E-state index in [4.69, 9.17) is 5.73 Å². The van der Waals surface area contributed by atoms with Crippen molar-refractivity contribution in [1.29, 1.82) is 0 Å². The van der Waals surface area contributed by atoms with Gasteiger partial charge in [0, 0.05) is 11.4 Å². The Labute approximate surface area is 129 Å². The first-order valence-electron chi connectivity index (χ1n) is 7.33. The number of carbonyl (C=O) groups excluding carboxylic acids is 1. The van der Waals surface area contributed by atoms with Gasteiger partial charge in [-0.1, -0.05) is 30.3 Å². The molecular formula is C17H20N2OS. The van der Waals surface area contributed by atoms with Gasteiger partial charge in [-0.3, -0.25) is 4.79 Å². The Morgan fingerprint density at radius 2 is 2.14 bits per heavy atom.